The third-order valence-corrected chi connectivity index (χ3v) is 1.96. The summed E-state index contributed by atoms with van der Waals surface area (Å²) in [5, 5.41) is 0.298. The van der Waals surface area contributed by atoms with E-state index in [9.17, 15) is 4.79 Å². The summed E-state index contributed by atoms with van der Waals surface area (Å²) < 4.78 is 4.67. The second-order valence-corrected chi connectivity index (χ2v) is 3.12. The largest absolute Gasteiger partial charge is 0.456 e. The molecule has 0 amide bonds. The number of aryl methyl sites for hydroxylation is 1. The molecular weight excluding hydrogens is 214 g/mol. The lowest BCUT2D eigenvalue weighted by molar-refractivity contribution is -0.136. The summed E-state index contributed by atoms with van der Waals surface area (Å²) in [6.45, 7) is 3.89. The van der Waals surface area contributed by atoms with Crippen molar-refractivity contribution in [1.82, 2.24) is 4.98 Å². The summed E-state index contributed by atoms with van der Waals surface area (Å²) in [4.78, 5) is 14.9. The van der Waals surface area contributed by atoms with Crippen LogP contribution in [0.4, 0.5) is 0 Å². The summed E-state index contributed by atoms with van der Waals surface area (Å²) in [5.74, 6) is 4.43. The Balaban J connectivity index is 2.93. The summed E-state index contributed by atoms with van der Waals surface area (Å²) in [6.07, 6.45) is 1.59. The normalized spacial score (nSPS) is 9.00. The monoisotopic (exact) mass is 223 g/mol. The third kappa shape index (κ3) is 3.26. The van der Waals surface area contributed by atoms with Crippen LogP contribution in [-0.4, -0.2) is 17.6 Å². The van der Waals surface area contributed by atoms with Crippen molar-refractivity contribution in [2.45, 2.75) is 13.8 Å². The average Bonchev–Trinajstić information content (AvgIpc) is 2.17. The quantitative estimate of drug-likeness (QED) is 0.415. The van der Waals surface area contributed by atoms with E-state index < -0.39 is 5.97 Å². The van der Waals surface area contributed by atoms with Gasteiger partial charge in [0.25, 0.3) is 0 Å². The van der Waals surface area contributed by atoms with E-state index in [1.165, 1.54) is 0 Å². The van der Waals surface area contributed by atoms with Crippen LogP contribution in [0.2, 0.25) is 5.15 Å². The van der Waals surface area contributed by atoms with Crippen LogP contribution in [0.5, 0.6) is 0 Å². The Morgan fingerprint density at radius 3 is 3.00 bits per heavy atom. The number of rotatable bonds is 1. The fraction of sp³-hybridized carbons (Fsp3) is 0.273. The van der Waals surface area contributed by atoms with Crippen LogP contribution < -0.4 is 0 Å². The first kappa shape index (κ1) is 11.5. The van der Waals surface area contributed by atoms with Crippen molar-refractivity contribution in [1.29, 1.82) is 0 Å². The number of nitrogens with zero attached hydrogens (tertiary/aromatic N) is 1. The predicted octanol–water partition coefficient (Wildman–Crippen LogP) is 1.96. The van der Waals surface area contributed by atoms with Crippen LogP contribution in [0, 0.1) is 18.8 Å². The van der Waals surface area contributed by atoms with Crippen LogP contribution in [0.1, 0.15) is 18.1 Å². The topological polar surface area (TPSA) is 39.2 Å². The highest BCUT2D eigenvalue weighted by molar-refractivity contribution is 6.30. The number of esters is 1. The zero-order chi connectivity index (χ0) is 11.3. The van der Waals surface area contributed by atoms with Gasteiger partial charge in [-0.15, -0.1) is 0 Å². The number of carbonyl (C=O) groups is 1. The summed E-state index contributed by atoms with van der Waals surface area (Å²) in [5.41, 5.74) is 1.44. The number of hydrogen-bond donors (Lipinski definition) is 0. The molecular formula is C11H10ClNO2. The number of carbonyl (C=O) groups excluding carboxylic acids is 1. The standard InChI is InChI=1S/C11H10ClNO2/c1-3-15-10(14)5-4-9-8(2)6-7-13-11(9)12/h6-7H,3H2,1-2H3. The lowest BCUT2D eigenvalue weighted by Gasteiger charge is -1.98. The predicted molar refractivity (Wildman–Crippen MR) is 57.5 cm³/mol. The molecule has 1 rings (SSSR count). The summed E-state index contributed by atoms with van der Waals surface area (Å²) in [7, 11) is 0. The van der Waals surface area contributed by atoms with Crippen LogP contribution in [0.15, 0.2) is 12.3 Å². The molecule has 1 aromatic heterocycles. The number of halogens is 1. The molecule has 0 spiro atoms. The zero-order valence-electron chi connectivity index (χ0n) is 8.50. The Morgan fingerprint density at radius 1 is 1.67 bits per heavy atom. The highest BCUT2D eigenvalue weighted by atomic mass is 35.5. The third-order valence-electron chi connectivity index (χ3n) is 1.68. The lowest BCUT2D eigenvalue weighted by atomic mass is 10.2. The van der Waals surface area contributed by atoms with Gasteiger partial charge in [0.2, 0.25) is 0 Å². The minimum Gasteiger partial charge on any atom is -0.456 e. The van der Waals surface area contributed by atoms with Gasteiger partial charge in [0.05, 0.1) is 12.2 Å². The van der Waals surface area contributed by atoms with Gasteiger partial charge >= 0.3 is 5.97 Å². The van der Waals surface area contributed by atoms with E-state index >= 15 is 0 Å². The van der Waals surface area contributed by atoms with Gasteiger partial charge in [-0.3, -0.25) is 0 Å². The number of ether oxygens (including phenoxy) is 1. The molecule has 15 heavy (non-hydrogen) atoms. The van der Waals surface area contributed by atoms with Crippen molar-refractivity contribution in [2.24, 2.45) is 0 Å². The van der Waals surface area contributed by atoms with Gasteiger partial charge < -0.3 is 4.74 Å². The molecule has 0 saturated carbocycles. The molecule has 0 aliphatic carbocycles. The molecule has 0 aliphatic rings. The molecule has 0 N–H and O–H groups in total. The maximum Gasteiger partial charge on any atom is 0.384 e. The number of pyridine rings is 1. The lowest BCUT2D eigenvalue weighted by Crippen LogP contribution is -2.00. The van der Waals surface area contributed by atoms with Crippen LogP contribution in [0.3, 0.4) is 0 Å². The molecule has 3 nitrogen and oxygen atoms in total. The van der Waals surface area contributed by atoms with Crippen molar-refractivity contribution in [2.75, 3.05) is 6.61 Å². The van der Waals surface area contributed by atoms with Gasteiger partial charge in [0.15, 0.2) is 0 Å². The Hall–Kier alpha value is -1.53. The van der Waals surface area contributed by atoms with Crippen molar-refractivity contribution in [3.63, 3.8) is 0 Å². The molecule has 0 atom stereocenters. The molecule has 0 saturated heterocycles. The highest BCUT2D eigenvalue weighted by Gasteiger charge is 2.01. The minimum absolute atomic E-state index is 0.298. The molecule has 0 aromatic carbocycles. The van der Waals surface area contributed by atoms with Crippen molar-refractivity contribution in [3.8, 4) is 11.8 Å². The second kappa shape index (κ2) is 5.38. The molecule has 0 bridgehead atoms. The van der Waals surface area contributed by atoms with E-state index in [2.05, 4.69) is 21.6 Å². The van der Waals surface area contributed by atoms with Gasteiger partial charge in [0.1, 0.15) is 5.15 Å². The van der Waals surface area contributed by atoms with E-state index in [1.54, 1.807) is 19.2 Å². The average molecular weight is 224 g/mol. The van der Waals surface area contributed by atoms with Crippen LogP contribution >= 0.6 is 11.6 Å². The second-order valence-electron chi connectivity index (χ2n) is 2.76. The fourth-order valence-corrected chi connectivity index (χ4v) is 1.21. The van der Waals surface area contributed by atoms with E-state index in [0.29, 0.717) is 17.3 Å². The Labute approximate surface area is 93.4 Å². The maximum atomic E-state index is 11.0. The van der Waals surface area contributed by atoms with Gasteiger partial charge in [-0.2, -0.15) is 0 Å². The minimum atomic E-state index is -0.559. The van der Waals surface area contributed by atoms with Crippen LogP contribution in [0.25, 0.3) is 0 Å². The number of aromatic nitrogens is 1. The van der Waals surface area contributed by atoms with Crippen molar-refractivity contribution in [3.05, 3.63) is 28.5 Å². The smallest absolute Gasteiger partial charge is 0.384 e. The highest BCUT2D eigenvalue weighted by Crippen LogP contribution is 2.14. The fourth-order valence-electron chi connectivity index (χ4n) is 0.956. The Morgan fingerprint density at radius 2 is 2.40 bits per heavy atom. The molecule has 4 heteroatoms. The molecule has 0 fully saturated rings. The zero-order valence-corrected chi connectivity index (χ0v) is 9.26. The first-order valence-corrected chi connectivity index (χ1v) is 4.82. The van der Waals surface area contributed by atoms with Crippen LogP contribution in [-0.2, 0) is 9.53 Å². The summed E-state index contributed by atoms with van der Waals surface area (Å²) >= 11 is 5.82. The van der Waals surface area contributed by atoms with Gasteiger partial charge in [-0.25, -0.2) is 9.78 Å². The Bertz CT molecular complexity index is 412. The molecule has 1 aromatic rings. The molecule has 0 aliphatic heterocycles. The van der Waals surface area contributed by atoms with E-state index in [1.807, 2.05) is 6.92 Å². The summed E-state index contributed by atoms with van der Waals surface area (Å²) in [6, 6.07) is 1.78. The first-order chi connectivity index (χ1) is 7.15. The molecule has 78 valence electrons. The van der Waals surface area contributed by atoms with Gasteiger partial charge in [-0.1, -0.05) is 17.5 Å². The molecule has 0 radical (unpaired) electrons. The van der Waals surface area contributed by atoms with E-state index in [0.717, 1.165) is 5.56 Å². The van der Waals surface area contributed by atoms with Gasteiger partial charge in [-0.05, 0) is 25.5 Å². The number of hydrogen-bond acceptors (Lipinski definition) is 3. The Kier molecular flexibility index (Phi) is 4.14. The molecule has 0 unspecified atom stereocenters. The van der Waals surface area contributed by atoms with E-state index in [4.69, 9.17) is 11.6 Å². The van der Waals surface area contributed by atoms with Crippen molar-refractivity contribution < 1.29 is 9.53 Å². The van der Waals surface area contributed by atoms with Gasteiger partial charge in [0, 0.05) is 12.1 Å². The molecule has 1 heterocycles. The maximum absolute atomic E-state index is 11.0. The SMILES string of the molecule is CCOC(=O)C#Cc1c(C)ccnc1Cl. The first-order valence-electron chi connectivity index (χ1n) is 4.45. The van der Waals surface area contributed by atoms with Crippen molar-refractivity contribution >= 4 is 17.6 Å². The van der Waals surface area contributed by atoms with E-state index in [-0.39, 0.29) is 0 Å².